The minimum absolute atomic E-state index is 0.0470. The normalized spacial score (nSPS) is 26.1. The first kappa shape index (κ1) is 14.0. The number of hydrogen-bond donors (Lipinski definition) is 1. The van der Waals surface area contributed by atoms with Crippen LogP contribution >= 0.6 is 0 Å². The summed E-state index contributed by atoms with van der Waals surface area (Å²) in [6.45, 7) is 0. The first-order valence-electron chi connectivity index (χ1n) is 7.16. The number of furan rings is 1. The van der Waals surface area contributed by atoms with Crippen molar-refractivity contribution in [1.29, 1.82) is 15.8 Å². The minimum Gasteiger partial charge on any atom is -0.469 e. The van der Waals surface area contributed by atoms with E-state index in [1.807, 2.05) is 6.08 Å². The summed E-state index contributed by atoms with van der Waals surface area (Å²) in [5, 5.41) is 28.9. The molecule has 0 aromatic carbocycles. The number of nitrogens with zero attached hydrogens (tertiary/aromatic N) is 3. The highest BCUT2D eigenvalue weighted by atomic mass is 16.3. The summed E-state index contributed by atoms with van der Waals surface area (Å²) in [4.78, 5) is 0. The number of fused-ring (bicyclic) bond motifs is 1. The Morgan fingerprint density at radius 2 is 2.05 bits per heavy atom. The molecule has 0 radical (unpaired) electrons. The van der Waals surface area contributed by atoms with Crippen molar-refractivity contribution in [3.8, 4) is 18.2 Å². The molecule has 2 aliphatic carbocycles. The van der Waals surface area contributed by atoms with Crippen molar-refractivity contribution >= 4 is 0 Å². The molecule has 1 aromatic heterocycles. The Hall–Kier alpha value is -2.97. The van der Waals surface area contributed by atoms with E-state index in [1.54, 1.807) is 12.1 Å². The third kappa shape index (κ3) is 1.68. The summed E-state index contributed by atoms with van der Waals surface area (Å²) in [5.74, 6) is -0.0110. The van der Waals surface area contributed by atoms with E-state index in [-0.39, 0.29) is 17.2 Å². The van der Waals surface area contributed by atoms with Gasteiger partial charge in [-0.2, -0.15) is 15.8 Å². The smallest absolute Gasteiger partial charge is 0.194 e. The molecular formula is C17H14N4O. The minimum atomic E-state index is -1.57. The van der Waals surface area contributed by atoms with E-state index in [1.165, 1.54) is 6.26 Å². The van der Waals surface area contributed by atoms with Crippen LogP contribution in [0.25, 0.3) is 0 Å². The molecule has 0 spiro atoms. The summed E-state index contributed by atoms with van der Waals surface area (Å²) in [7, 11) is 0. The van der Waals surface area contributed by atoms with Gasteiger partial charge < -0.3 is 10.2 Å². The molecular weight excluding hydrogens is 276 g/mol. The highest BCUT2D eigenvalue weighted by molar-refractivity contribution is 5.58. The van der Waals surface area contributed by atoms with E-state index in [0.717, 1.165) is 24.8 Å². The number of nitrogens with two attached hydrogens (primary N) is 1. The molecule has 2 N–H and O–H groups in total. The molecule has 0 saturated heterocycles. The Labute approximate surface area is 128 Å². The average Bonchev–Trinajstić information content (AvgIpc) is 3.08. The highest BCUT2D eigenvalue weighted by Crippen LogP contribution is 2.55. The molecule has 0 amide bonds. The average molecular weight is 290 g/mol. The fourth-order valence-electron chi connectivity index (χ4n) is 3.65. The SMILES string of the molecule is N#CC1=C(N)C(C#N)(C#N)[C@H](c2ccco2)[C@H]2CCCC=C12. The van der Waals surface area contributed by atoms with Crippen molar-refractivity contribution in [2.24, 2.45) is 17.1 Å². The lowest BCUT2D eigenvalue weighted by Gasteiger charge is -2.41. The van der Waals surface area contributed by atoms with Gasteiger partial charge in [0, 0.05) is 0 Å². The standard InChI is InChI=1S/C17H14N4O/c18-8-13-11-4-1-2-5-12(11)15(14-6-3-7-22-14)17(9-19,10-20)16(13)21/h3-4,6-7,12,15H,1-2,5,21H2/t12-,15-/m0/s1. The fourth-order valence-corrected chi connectivity index (χ4v) is 3.65. The van der Waals surface area contributed by atoms with Crippen molar-refractivity contribution in [2.45, 2.75) is 25.2 Å². The highest BCUT2D eigenvalue weighted by Gasteiger charge is 2.54. The maximum atomic E-state index is 9.73. The molecule has 2 aliphatic rings. The van der Waals surface area contributed by atoms with E-state index in [2.05, 4.69) is 18.2 Å². The van der Waals surface area contributed by atoms with E-state index in [0.29, 0.717) is 5.76 Å². The third-order valence-electron chi connectivity index (χ3n) is 4.65. The molecule has 0 saturated carbocycles. The maximum Gasteiger partial charge on any atom is 0.194 e. The number of hydrogen-bond acceptors (Lipinski definition) is 5. The van der Waals surface area contributed by atoms with Gasteiger partial charge in [-0.1, -0.05) is 6.08 Å². The van der Waals surface area contributed by atoms with Crippen LogP contribution in [-0.2, 0) is 0 Å². The van der Waals surface area contributed by atoms with Crippen LogP contribution < -0.4 is 5.73 Å². The molecule has 5 nitrogen and oxygen atoms in total. The van der Waals surface area contributed by atoms with Crippen LogP contribution in [0.15, 0.2) is 45.7 Å². The molecule has 5 heteroatoms. The second-order valence-corrected chi connectivity index (χ2v) is 5.62. The van der Waals surface area contributed by atoms with Crippen molar-refractivity contribution in [2.75, 3.05) is 0 Å². The van der Waals surface area contributed by atoms with Crippen LogP contribution in [0.5, 0.6) is 0 Å². The van der Waals surface area contributed by atoms with Gasteiger partial charge in [0.2, 0.25) is 0 Å². The molecule has 0 fully saturated rings. The predicted molar refractivity (Wildman–Crippen MR) is 77.4 cm³/mol. The molecule has 22 heavy (non-hydrogen) atoms. The number of allylic oxidation sites excluding steroid dienone is 4. The lowest BCUT2D eigenvalue weighted by atomic mass is 9.58. The lowest BCUT2D eigenvalue weighted by Crippen LogP contribution is -2.42. The molecule has 0 aliphatic heterocycles. The van der Waals surface area contributed by atoms with Gasteiger partial charge in [0.05, 0.1) is 35.6 Å². The van der Waals surface area contributed by atoms with Crippen molar-refractivity contribution in [3.05, 3.63) is 47.1 Å². The van der Waals surface area contributed by atoms with Crippen LogP contribution in [-0.4, -0.2) is 0 Å². The first-order valence-corrected chi connectivity index (χ1v) is 7.16. The van der Waals surface area contributed by atoms with E-state index >= 15 is 0 Å². The summed E-state index contributed by atoms with van der Waals surface area (Å²) in [6.07, 6.45) is 6.17. The van der Waals surface area contributed by atoms with Gasteiger partial charge in [-0.15, -0.1) is 0 Å². The fraction of sp³-hybridized carbons (Fsp3) is 0.353. The van der Waals surface area contributed by atoms with Gasteiger partial charge >= 0.3 is 0 Å². The van der Waals surface area contributed by atoms with E-state index < -0.39 is 11.3 Å². The lowest BCUT2D eigenvalue weighted by molar-refractivity contribution is 0.275. The van der Waals surface area contributed by atoms with Crippen LogP contribution in [0.1, 0.15) is 30.9 Å². The molecule has 0 bridgehead atoms. The monoisotopic (exact) mass is 290 g/mol. The Balaban J connectivity index is 2.33. The Morgan fingerprint density at radius 3 is 2.64 bits per heavy atom. The van der Waals surface area contributed by atoms with Crippen LogP contribution in [0.3, 0.4) is 0 Å². The van der Waals surface area contributed by atoms with E-state index in [9.17, 15) is 15.8 Å². The quantitative estimate of drug-likeness (QED) is 0.854. The van der Waals surface area contributed by atoms with E-state index in [4.69, 9.17) is 10.2 Å². The Morgan fingerprint density at radius 1 is 1.27 bits per heavy atom. The van der Waals surface area contributed by atoms with Gasteiger partial charge in [-0.3, -0.25) is 0 Å². The summed E-state index contributed by atoms with van der Waals surface area (Å²) in [6, 6.07) is 9.74. The molecule has 1 aromatic rings. The number of rotatable bonds is 1. The summed E-state index contributed by atoms with van der Waals surface area (Å²) >= 11 is 0. The largest absolute Gasteiger partial charge is 0.469 e. The van der Waals surface area contributed by atoms with Crippen LogP contribution in [0.4, 0.5) is 0 Å². The zero-order valence-corrected chi connectivity index (χ0v) is 11.9. The molecule has 0 unspecified atom stereocenters. The van der Waals surface area contributed by atoms with Crippen LogP contribution in [0, 0.1) is 45.3 Å². The Kier molecular flexibility index (Phi) is 3.24. The predicted octanol–water partition coefficient (Wildman–Crippen LogP) is 2.87. The van der Waals surface area contributed by atoms with Crippen molar-refractivity contribution < 1.29 is 4.42 Å². The number of nitriles is 3. The topological polar surface area (TPSA) is 111 Å². The third-order valence-corrected chi connectivity index (χ3v) is 4.65. The molecule has 2 atom stereocenters. The second-order valence-electron chi connectivity index (χ2n) is 5.62. The Bertz CT molecular complexity index is 766. The maximum absolute atomic E-state index is 9.73. The molecule has 1 heterocycles. The van der Waals surface area contributed by atoms with Crippen LogP contribution in [0.2, 0.25) is 0 Å². The van der Waals surface area contributed by atoms with Gasteiger partial charge in [-0.05, 0) is 42.9 Å². The molecule has 108 valence electrons. The zero-order chi connectivity index (χ0) is 15.7. The van der Waals surface area contributed by atoms with Gasteiger partial charge in [0.1, 0.15) is 11.8 Å². The van der Waals surface area contributed by atoms with Gasteiger partial charge in [-0.25, -0.2) is 0 Å². The summed E-state index contributed by atoms with van der Waals surface area (Å²) < 4.78 is 5.51. The second kappa shape index (κ2) is 5.10. The zero-order valence-electron chi connectivity index (χ0n) is 11.9. The van der Waals surface area contributed by atoms with Crippen molar-refractivity contribution in [3.63, 3.8) is 0 Å². The van der Waals surface area contributed by atoms with Gasteiger partial charge in [0.15, 0.2) is 5.41 Å². The first-order chi connectivity index (χ1) is 10.7. The van der Waals surface area contributed by atoms with Gasteiger partial charge in [0.25, 0.3) is 0 Å². The molecule has 3 rings (SSSR count). The summed E-state index contributed by atoms with van der Waals surface area (Å²) in [5.41, 5.74) is 5.75. The van der Waals surface area contributed by atoms with Crippen molar-refractivity contribution in [1.82, 2.24) is 0 Å².